The first-order valence-electron chi connectivity index (χ1n) is 14.3. The highest BCUT2D eigenvalue weighted by Crippen LogP contribution is 2.30. The first kappa shape index (κ1) is 27.6. The molecule has 2 atom stereocenters. The Labute approximate surface area is 245 Å². The Bertz CT molecular complexity index is 1600. The second-order valence-corrected chi connectivity index (χ2v) is 10.8. The number of β-amino-alcohol motifs (C(OH)–C–C–N with tert-alkyl or cyclic N) is 1. The summed E-state index contributed by atoms with van der Waals surface area (Å²) in [6, 6.07) is 26.5. The second-order valence-electron chi connectivity index (χ2n) is 10.8. The number of pyridine rings is 1. The minimum Gasteiger partial charge on any atom is -0.391 e. The van der Waals surface area contributed by atoms with E-state index in [1.54, 1.807) is 10.7 Å². The highest BCUT2D eigenvalue weighted by atomic mass is 16.3. The van der Waals surface area contributed by atoms with Gasteiger partial charge in [0.15, 0.2) is 5.65 Å². The molecule has 10 heteroatoms. The number of nitrogens with zero attached hydrogens (tertiary/aromatic N) is 6. The van der Waals surface area contributed by atoms with Gasteiger partial charge in [-0.2, -0.15) is 9.61 Å². The lowest BCUT2D eigenvalue weighted by Crippen LogP contribution is -2.38. The van der Waals surface area contributed by atoms with E-state index in [-0.39, 0.29) is 6.10 Å². The highest BCUT2D eigenvalue weighted by molar-refractivity contribution is 5.68. The Balaban J connectivity index is 1.42. The van der Waals surface area contributed by atoms with Crippen LogP contribution >= 0.6 is 0 Å². The molecule has 0 bridgehead atoms. The summed E-state index contributed by atoms with van der Waals surface area (Å²) in [5, 5.41) is 28.6. The topological polar surface area (TPSA) is 128 Å². The van der Waals surface area contributed by atoms with E-state index in [0.717, 1.165) is 53.5 Å². The van der Waals surface area contributed by atoms with Gasteiger partial charge in [0.2, 0.25) is 0 Å². The zero-order chi connectivity index (χ0) is 29.1. The van der Waals surface area contributed by atoms with Crippen LogP contribution in [0.5, 0.6) is 0 Å². The molecule has 6 rings (SSSR count). The molecule has 0 amide bonds. The first-order chi connectivity index (χ1) is 20.4. The Morgan fingerprint density at radius 1 is 1.00 bits per heavy atom. The van der Waals surface area contributed by atoms with Gasteiger partial charge in [0.05, 0.1) is 17.9 Å². The van der Waals surface area contributed by atoms with Crippen molar-refractivity contribution < 1.29 is 10.2 Å². The maximum absolute atomic E-state index is 10.3. The fourth-order valence-corrected chi connectivity index (χ4v) is 5.48. The molecular weight excluding hydrogens is 528 g/mol. The van der Waals surface area contributed by atoms with Crippen LogP contribution in [0, 0.1) is 6.92 Å². The quantitative estimate of drug-likeness (QED) is 0.194. The number of aliphatic hydroxyl groups is 2. The van der Waals surface area contributed by atoms with Crippen LogP contribution in [0.25, 0.3) is 5.65 Å². The average Bonchev–Trinajstić information content (AvgIpc) is 3.42. The Morgan fingerprint density at radius 3 is 2.33 bits per heavy atom. The molecule has 1 aliphatic rings. The lowest BCUT2D eigenvalue weighted by Gasteiger charge is -2.31. The molecule has 42 heavy (non-hydrogen) atoms. The molecule has 5 aromatic rings. The number of anilines is 4. The number of aliphatic hydroxyl groups excluding tert-OH is 2. The van der Waals surface area contributed by atoms with Crippen LogP contribution < -0.4 is 20.9 Å². The highest BCUT2D eigenvalue weighted by Gasteiger charge is 2.22. The lowest BCUT2D eigenvalue weighted by molar-refractivity contribution is 0.154. The van der Waals surface area contributed by atoms with E-state index in [4.69, 9.17) is 15.7 Å². The number of benzene rings is 2. The normalized spacial score (nSPS) is 16.0. The standard InChI is InChI=1S/C32H36N8O2/c1-22-15-25(16-29(35-22)38-14-8-13-26(41)21-38)36-28-17-30(40-32(37-28)27(18-34-40)31(33)42)39(19-23-9-4-2-5-10-23)20-24-11-6-3-7-12-24/h2-7,9-12,15-18,26,31,41-42H,8,13-14,19-21,33H2,1H3,(H,35,36,37)/t26-,31?/m0/s1. The Hall–Kier alpha value is -4.51. The number of fused-ring (bicyclic) bond motifs is 1. The maximum Gasteiger partial charge on any atom is 0.166 e. The summed E-state index contributed by atoms with van der Waals surface area (Å²) in [5.41, 5.74) is 10.8. The van der Waals surface area contributed by atoms with Gasteiger partial charge in [-0.05, 0) is 37.0 Å². The summed E-state index contributed by atoms with van der Waals surface area (Å²) in [6.07, 6.45) is 1.72. The van der Waals surface area contributed by atoms with Crippen molar-refractivity contribution in [3.05, 3.63) is 107 Å². The van der Waals surface area contributed by atoms with Gasteiger partial charge in [-0.3, -0.25) is 0 Å². The third kappa shape index (κ3) is 6.20. The van der Waals surface area contributed by atoms with Gasteiger partial charge in [0.25, 0.3) is 0 Å². The molecule has 1 fully saturated rings. The Kier molecular flexibility index (Phi) is 8.00. The number of aryl methyl sites for hydroxylation is 1. The molecule has 3 aromatic heterocycles. The van der Waals surface area contributed by atoms with E-state index >= 15 is 0 Å². The molecule has 4 heterocycles. The smallest absolute Gasteiger partial charge is 0.166 e. The molecule has 0 aliphatic carbocycles. The fraction of sp³-hybridized carbons (Fsp3) is 0.281. The lowest BCUT2D eigenvalue weighted by atomic mass is 10.1. The minimum atomic E-state index is -1.23. The zero-order valence-corrected chi connectivity index (χ0v) is 23.6. The molecule has 1 saturated heterocycles. The number of nitrogens with two attached hydrogens (primary N) is 1. The van der Waals surface area contributed by atoms with Crippen LogP contribution in [-0.2, 0) is 13.1 Å². The monoisotopic (exact) mass is 564 g/mol. The van der Waals surface area contributed by atoms with Crippen molar-refractivity contribution in [1.82, 2.24) is 19.6 Å². The predicted octanol–water partition coefficient (Wildman–Crippen LogP) is 4.29. The van der Waals surface area contributed by atoms with Crippen LogP contribution in [0.4, 0.5) is 23.1 Å². The van der Waals surface area contributed by atoms with Crippen LogP contribution in [0.2, 0.25) is 0 Å². The van der Waals surface area contributed by atoms with Crippen molar-refractivity contribution in [3.63, 3.8) is 0 Å². The molecule has 1 aliphatic heterocycles. The molecular formula is C32H36N8O2. The summed E-state index contributed by atoms with van der Waals surface area (Å²) < 4.78 is 1.74. The van der Waals surface area contributed by atoms with Crippen molar-refractivity contribution in [1.29, 1.82) is 0 Å². The Morgan fingerprint density at radius 2 is 1.69 bits per heavy atom. The van der Waals surface area contributed by atoms with Gasteiger partial charge in [0.1, 0.15) is 23.7 Å². The predicted molar refractivity (Wildman–Crippen MR) is 165 cm³/mol. The fourth-order valence-electron chi connectivity index (χ4n) is 5.48. The molecule has 1 unspecified atom stereocenters. The number of nitrogens with one attached hydrogen (secondary N) is 1. The molecule has 0 radical (unpaired) electrons. The van der Waals surface area contributed by atoms with Gasteiger partial charge < -0.3 is 31.1 Å². The van der Waals surface area contributed by atoms with Crippen molar-refractivity contribution in [2.45, 2.75) is 45.2 Å². The molecule has 10 nitrogen and oxygen atoms in total. The van der Waals surface area contributed by atoms with Crippen LogP contribution in [0.1, 0.15) is 41.5 Å². The van der Waals surface area contributed by atoms with E-state index in [9.17, 15) is 10.2 Å². The van der Waals surface area contributed by atoms with E-state index in [1.165, 1.54) is 0 Å². The van der Waals surface area contributed by atoms with Gasteiger partial charge in [-0.15, -0.1) is 0 Å². The van der Waals surface area contributed by atoms with Crippen molar-refractivity contribution >= 4 is 28.8 Å². The number of piperidine rings is 1. The minimum absolute atomic E-state index is 0.354. The number of hydrogen-bond acceptors (Lipinski definition) is 9. The largest absolute Gasteiger partial charge is 0.391 e. The summed E-state index contributed by atoms with van der Waals surface area (Å²) >= 11 is 0. The van der Waals surface area contributed by atoms with Crippen LogP contribution in [0.3, 0.4) is 0 Å². The van der Waals surface area contributed by atoms with Gasteiger partial charge in [0, 0.05) is 49.7 Å². The van der Waals surface area contributed by atoms with Crippen molar-refractivity contribution in [3.8, 4) is 0 Å². The summed E-state index contributed by atoms with van der Waals surface area (Å²) in [6.45, 7) is 4.63. The summed E-state index contributed by atoms with van der Waals surface area (Å²) in [5.74, 6) is 2.20. The van der Waals surface area contributed by atoms with E-state index in [0.29, 0.717) is 36.7 Å². The molecule has 0 spiro atoms. The molecule has 0 saturated carbocycles. The third-order valence-electron chi connectivity index (χ3n) is 7.49. The SMILES string of the molecule is Cc1cc(Nc2cc(N(Cc3ccccc3)Cc3ccccc3)n3ncc(C(N)O)c3n2)cc(N2CCC[C@H](O)C2)n1. The van der Waals surface area contributed by atoms with Crippen molar-refractivity contribution in [2.24, 2.45) is 5.73 Å². The number of rotatable bonds is 9. The van der Waals surface area contributed by atoms with E-state index in [1.807, 2.05) is 61.5 Å². The van der Waals surface area contributed by atoms with E-state index in [2.05, 4.69) is 44.5 Å². The van der Waals surface area contributed by atoms with Crippen LogP contribution in [-0.4, -0.2) is 49.0 Å². The maximum atomic E-state index is 10.3. The molecule has 216 valence electrons. The third-order valence-corrected chi connectivity index (χ3v) is 7.49. The summed E-state index contributed by atoms with van der Waals surface area (Å²) in [4.78, 5) is 13.9. The number of aromatic nitrogens is 4. The van der Waals surface area contributed by atoms with Gasteiger partial charge in [-0.25, -0.2) is 9.97 Å². The zero-order valence-electron chi connectivity index (χ0n) is 23.6. The molecule has 5 N–H and O–H groups in total. The van der Waals surface area contributed by atoms with Gasteiger partial charge >= 0.3 is 0 Å². The van der Waals surface area contributed by atoms with Crippen LogP contribution in [0.15, 0.2) is 85.1 Å². The van der Waals surface area contributed by atoms with E-state index < -0.39 is 6.23 Å². The van der Waals surface area contributed by atoms with Crippen molar-refractivity contribution in [2.75, 3.05) is 28.2 Å². The number of hydrogen-bond donors (Lipinski definition) is 4. The van der Waals surface area contributed by atoms with Gasteiger partial charge in [-0.1, -0.05) is 60.7 Å². The second kappa shape index (κ2) is 12.2. The first-order valence-corrected chi connectivity index (χ1v) is 14.3. The summed E-state index contributed by atoms with van der Waals surface area (Å²) in [7, 11) is 0. The molecule has 2 aromatic carbocycles. The average molecular weight is 565 g/mol.